The highest BCUT2D eigenvalue weighted by Gasteiger charge is 2.05. The molecule has 0 amide bonds. The Labute approximate surface area is 102 Å². The van der Waals surface area contributed by atoms with E-state index in [1.165, 1.54) is 15.6 Å². The summed E-state index contributed by atoms with van der Waals surface area (Å²) in [6.07, 6.45) is 6.55. The summed E-state index contributed by atoms with van der Waals surface area (Å²) in [4.78, 5) is 0. The summed E-state index contributed by atoms with van der Waals surface area (Å²) >= 11 is 3.63. The molecule has 0 N–H and O–H groups in total. The topological polar surface area (TPSA) is 0 Å². The van der Waals surface area contributed by atoms with Crippen LogP contribution in [0.1, 0.15) is 44.2 Å². The minimum absolute atomic E-state index is 0.600. The third-order valence-electron chi connectivity index (χ3n) is 2.75. The van der Waals surface area contributed by atoms with Crippen LogP contribution in [0, 0.1) is 0 Å². The van der Waals surface area contributed by atoms with Gasteiger partial charge in [0.25, 0.3) is 0 Å². The second-order valence-corrected chi connectivity index (χ2v) is 4.76. The summed E-state index contributed by atoms with van der Waals surface area (Å²) in [5.74, 6) is 0.600. The second kappa shape index (κ2) is 6.12. The van der Waals surface area contributed by atoms with Crippen LogP contribution in [-0.4, -0.2) is 0 Å². The summed E-state index contributed by atoms with van der Waals surface area (Å²) in [6.45, 7) is 6.53. The number of hydrogen-bond donors (Lipinski definition) is 0. The normalized spacial score (nSPS) is 13.3. The number of benzene rings is 1. The lowest BCUT2D eigenvalue weighted by Crippen LogP contribution is -1.93. The maximum Gasteiger partial charge on any atom is 0.0210 e. The minimum atomic E-state index is 0.600. The number of halogens is 1. The van der Waals surface area contributed by atoms with E-state index in [1.807, 2.05) is 0 Å². The Balaban J connectivity index is 2.82. The summed E-state index contributed by atoms with van der Waals surface area (Å²) in [5, 5.41) is 0. The second-order valence-electron chi connectivity index (χ2n) is 3.91. The molecule has 0 radical (unpaired) electrons. The molecular formula is C14H19Br. The first-order chi connectivity index (χ1) is 7.19. The van der Waals surface area contributed by atoms with Gasteiger partial charge in [0.2, 0.25) is 0 Å². The van der Waals surface area contributed by atoms with Crippen molar-refractivity contribution < 1.29 is 0 Å². The smallest absolute Gasteiger partial charge is 0.0210 e. The molecule has 0 aliphatic rings. The SMILES string of the molecule is C/C=C\CC(C)c1ccc(CC)c(Br)c1. The van der Waals surface area contributed by atoms with Crippen molar-refractivity contribution in [1.82, 2.24) is 0 Å². The van der Waals surface area contributed by atoms with Crippen LogP contribution >= 0.6 is 15.9 Å². The lowest BCUT2D eigenvalue weighted by atomic mass is 9.96. The van der Waals surface area contributed by atoms with Gasteiger partial charge in [-0.2, -0.15) is 0 Å². The molecule has 0 aliphatic carbocycles. The first-order valence-electron chi connectivity index (χ1n) is 5.58. The molecule has 15 heavy (non-hydrogen) atoms. The number of rotatable bonds is 4. The Morgan fingerprint density at radius 2 is 2.13 bits per heavy atom. The van der Waals surface area contributed by atoms with Gasteiger partial charge in [0, 0.05) is 4.47 Å². The Kier molecular flexibility index (Phi) is 5.10. The monoisotopic (exact) mass is 266 g/mol. The molecule has 0 spiro atoms. The summed E-state index contributed by atoms with van der Waals surface area (Å²) < 4.78 is 1.25. The van der Waals surface area contributed by atoms with Crippen LogP contribution < -0.4 is 0 Å². The predicted molar refractivity (Wildman–Crippen MR) is 71.4 cm³/mol. The zero-order chi connectivity index (χ0) is 11.3. The summed E-state index contributed by atoms with van der Waals surface area (Å²) in [7, 11) is 0. The van der Waals surface area contributed by atoms with E-state index in [-0.39, 0.29) is 0 Å². The van der Waals surface area contributed by atoms with E-state index in [4.69, 9.17) is 0 Å². The highest BCUT2D eigenvalue weighted by atomic mass is 79.9. The van der Waals surface area contributed by atoms with Crippen molar-refractivity contribution in [3.8, 4) is 0 Å². The Hall–Kier alpha value is -0.560. The molecule has 1 unspecified atom stereocenters. The minimum Gasteiger partial charge on any atom is -0.0916 e. The largest absolute Gasteiger partial charge is 0.0916 e. The zero-order valence-electron chi connectivity index (χ0n) is 9.76. The molecule has 1 rings (SSSR count). The van der Waals surface area contributed by atoms with Crippen molar-refractivity contribution in [3.05, 3.63) is 46.0 Å². The molecule has 0 bridgehead atoms. The van der Waals surface area contributed by atoms with Crippen molar-refractivity contribution in [3.63, 3.8) is 0 Å². The molecule has 0 aromatic heterocycles. The van der Waals surface area contributed by atoms with Gasteiger partial charge in [-0.15, -0.1) is 0 Å². The molecule has 0 aliphatic heterocycles. The van der Waals surface area contributed by atoms with Crippen molar-refractivity contribution in [2.24, 2.45) is 0 Å². The van der Waals surface area contributed by atoms with Crippen molar-refractivity contribution >= 4 is 15.9 Å². The van der Waals surface area contributed by atoms with Crippen molar-refractivity contribution in [1.29, 1.82) is 0 Å². The van der Waals surface area contributed by atoms with Crippen LogP contribution in [0.25, 0.3) is 0 Å². The third kappa shape index (κ3) is 3.49. The number of allylic oxidation sites excluding steroid dienone is 2. The van der Waals surface area contributed by atoms with E-state index in [1.54, 1.807) is 0 Å². The molecule has 0 heterocycles. The van der Waals surface area contributed by atoms with Gasteiger partial charge in [-0.25, -0.2) is 0 Å². The number of hydrogen-bond acceptors (Lipinski definition) is 0. The van der Waals surface area contributed by atoms with Crippen LogP contribution in [0.15, 0.2) is 34.8 Å². The van der Waals surface area contributed by atoms with E-state index in [9.17, 15) is 0 Å². The maximum absolute atomic E-state index is 3.63. The van der Waals surface area contributed by atoms with Gasteiger partial charge in [-0.05, 0) is 42.9 Å². The first kappa shape index (κ1) is 12.5. The molecule has 1 aromatic rings. The van der Waals surface area contributed by atoms with Gasteiger partial charge in [0.1, 0.15) is 0 Å². The van der Waals surface area contributed by atoms with Crippen LogP contribution in [-0.2, 0) is 6.42 Å². The van der Waals surface area contributed by atoms with Gasteiger partial charge in [-0.3, -0.25) is 0 Å². The van der Waals surface area contributed by atoms with Gasteiger partial charge in [0.05, 0.1) is 0 Å². The Morgan fingerprint density at radius 3 is 2.67 bits per heavy atom. The maximum atomic E-state index is 3.63. The molecule has 1 heteroatoms. The van der Waals surface area contributed by atoms with E-state index in [0.717, 1.165) is 12.8 Å². The van der Waals surface area contributed by atoms with Gasteiger partial charge < -0.3 is 0 Å². The molecule has 0 fully saturated rings. The zero-order valence-corrected chi connectivity index (χ0v) is 11.3. The Bertz CT molecular complexity index is 339. The van der Waals surface area contributed by atoms with E-state index in [0.29, 0.717) is 5.92 Å². The first-order valence-corrected chi connectivity index (χ1v) is 6.37. The van der Waals surface area contributed by atoms with Crippen LogP contribution in [0.5, 0.6) is 0 Å². The summed E-state index contributed by atoms with van der Waals surface area (Å²) in [5.41, 5.74) is 2.80. The fourth-order valence-electron chi connectivity index (χ4n) is 1.63. The van der Waals surface area contributed by atoms with Crippen molar-refractivity contribution in [2.45, 2.75) is 39.5 Å². The van der Waals surface area contributed by atoms with Gasteiger partial charge in [-0.1, -0.05) is 54.1 Å². The predicted octanol–water partition coefficient (Wildman–Crippen LogP) is 5.08. The quantitative estimate of drug-likeness (QED) is 0.667. The molecule has 1 aromatic carbocycles. The number of aryl methyl sites for hydroxylation is 1. The molecule has 1 atom stereocenters. The average molecular weight is 267 g/mol. The fraction of sp³-hybridized carbons (Fsp3) is 0.429. The third-order valence-corrected chi connectivity index (χ3v) is 3.49. The highest BCUT2D eigenvalue weighted by molar-refractivity contribution is 9.10. The molecule has 0 nitrogen and oxygen atoms in total. The van der Waals surface area contributed by atoms with E-state index >= 15 is 0 Å². The molecular weight excluding hydrogens is 248 g/mol. The van der Waals surface area contributed by atoms with Crippen LogP contribution in [0.3, 0.4) is 0 Å². The van der Waals surface area contributed by atoms with Crippen LogP contribution in [0.2, 0.25) is 0 Å². The molecule has 0 saturated heterocycles. The molecule has 0 saturated carbocycles. The van der Waals surface area contributed by atoms with E-state index in [2.05, 4.69) is 67.1 Å². The van der Waals surface area contributed by atoms with E-state index < -0.39 is 0 Å². The lowest BCUT2D eigenvalue weighted by molar-refractivity contribution is 0.778. The van der Waals surface area contributed by atoms with Crippen LogP contribution in [0.4, 0.5) is 0 Å². The highest BCUT2D eigenvalue weighted by Crippen LogP contribution is 2.25. The van der Waals surface area contributed by atoms with Gasteiger partial charge >= 0.3 is 0 Å². The fourth-order valence-corrected chi connectivity index (χ4v) is 2.31. The average Bonchev–Trinajstić information content (AvgIpc) is 2.25. The standard InChI is InChI=1S/C14H19Br/c1-4-6-7-11(3)13-9-8-12(5-2)14(15)10-13/h4,6,8-11H,5,7H2,1-3H3/b6-4-. The lowest BCUT2D eigenvalue weighted by Gasteiger charge is -2.11. The Morgan fingerprint density at radius 1 is 1.40 bits per heavy atom. The summed E-state index contributed by atoms with van der Waals surface area (Å²) in [6, 6.07) is 6.73. The van der Waals surface area contributed by atoms with Crippen molar-refractivity contribution in [2.75, 3.05) is 0 Å². The molecule has 82 valence electrons. The van der Waals surface area contributed by atoms with Gasteiger partial charge in [0.15, 0.2) is 0 Å².